The van der Waals surface area contributed by atoms with Gasteiger partial charge in [-0.2, -0.15) is 0 Å². The van der Waals surface area contributed by atoms with Gasteiger partial charge in [0.05, 0.1) is 6.54 Å². The van der Waals surface area contributed by atoms with E-state index in [1.54, 1.807) is 6.07 Å². The Labute approximate surface area is 87.3 Å². The molecule has 0 unspecified atom stereocenters. The van der Waals surface area contributed by atoms with Crippen LogP contribution >= 0.6 is 11.6 Å². The van der Waals surface area contributed by atoms with Crippen molar-refractivity contribution in [3.8, 4) is 11.8 Å². The molecule has 0 bridgehead atoms. The largest absolute Gasteiger partial charge is 0.0919 e. The third-order valence-corrected chi connectivity index (χ3v) is 2.02. The lowest BCUT2D eigenvalue weighted by molar-refractivity contribution is 1.25. The summed E-state index contributed by atoms with van der Waals surface area (Å²) >= 11 is 5.90. The Bertz CT molecular complexity index is 436. The number of azide groups is 1. The number of nitrogens with zero attached hydrogens (tertiary/aromatic N) is 3. The van der Waals surface area contributed by atoms with Crippen molar-refractivity contribution in [2.24, 2.45) is 5.11 Å². The average Bonchev–Trinajstić information content (AvgIpc) is 2.18. The zero-order chi connectivity index (χ0) is 10.4. The van der Waals surface area contributed by atoms with Crippen LogP contribution in [0.25, 0.3) is 10.4 Å². The summed E-state index contributed by atoms with van der Waals surface area (Å²) in [5.41, 5.74) is 9.86. The minimum atomic E-state index is 0.183. The van der Waals surface area contributed by atoms with Crippen molar-refractivity contribution in [3.63, 3.8) is 0 Å². The Morgan fingerprint density at radius 2 is 2.36 bits per heavy atom. The van der Waals surface area contributed by atoms with E-state index in [9.17, 15) is 0 Å². The lowest BCUT2D eigenvalue weighted by Crippen LogP contribution is -1.79. The topological polar surface area (TPSA) is 48.8 Å². The SMILES string of the molecule is Cc1ccc(C#CCN=[N+]=[N-])cc1Cl. The smallest absolute Gasteiger partial charge is 0.0880 e. The molecule has 0 aliphatic rings. The highest BCUT2D eigenvalue weighted by Crippen LogP contribution is 2.15. The van der Waals surface area contributed by atoms with Gasteiger partial charge in [-0.25, -0.2) is 0 Å². The summed E-state index contributed by atoms with van der Waals surface area (Å²) < 4.78 is 0. The Kier molecular flexibility index (Phi) is 3.87. The van der Waals surface area contributed by atoms with E-state index in [1.807, 2.05) is 19.1 Å². The molecule has 70 valence electrons. The van der Waals surface area contributed by atoms with Gasteiger partial charge >= 0.3 is 0 Å². The van der Waals surface area contributed by atoms with Crippen LogP contribution in [0.4, 0.5) is 0 Å². The van der Waals surface area contributed by atoms with Gasteiger partial charge in [0, 0.05) is 15.5 Å². The van der Waals surface area contributed by atoms with Gasteiger partial charge in [0.25, 0.3) is 0 Å². The zero-order valence-electron chi connectivity index (χ0n) is 7.66. The van der Waals surface area contributed by atoms with Crippen molar-refractivity contribution in [3.05, 3.63) is 44.8 Å². The third-order valence-electron chi connectivity index (χ3n) is 1.62. The highest BCUT2D eigenvalue weighted by Gasteiger charge is 1.93. The molecule has 0 saturated carbocycles. The number of halogens is 1. The average molecular weight is 206 g/mol. The minimum Gasteiger partial charge on any atom is -0.0919 e. The maximum absolute atomic E-state index is 8.01. The van der Waals surface area contributed by atoms with Crippen LogP contribution < -0.4 is 0 Å². The van der Waals surface area contributed by atoms with Crippen molar-refractivity contribution < 1.29 is 0 Å². The summed E-state index contributed by atoms with van der Waals surface area (Å²) in [6.45, 7) is 2.11. The van der Waals surface area contributed by atoms with E-state index in [0.717, 1.165) is 11.1 Å². The number of rotatable bonds is 1. The quantitative estimate of drug-likeness (QED) is 0.292. The van der Waals surface area contributed by atoms with E-state index in [-0.39, 0.29) is 6.54 Å². The van der Waals surface area contributed by atoms with Crippen LogP contribution in [0.3, 0.4) is 0 Å². The first-order valence-electron chi connectivity index (χ1n) is 4.00. The first-order valence-corrected chi connectivity index (χ1v) is 4.37. The molecule has 1 aromatic rings. The fraction of sp³-hybridized carbons (Fsp3) is 0.200. The Morgan fingerprint density at radius 1 is 1.57 bits per heavy atom. The molecule has 1 aromatic carbocycles. The minimum absolute atomic E-state index is 0.183. The van der Waals surface area contributed by atoms with Gasteiger partial charge in [-0.15, -0.1) is 0 Å². The molecule has 0 radical (unpaired) electrons. The predicted octanol–water partition coefficient (Wildman–Crippen LogP) is 3.31. The summed E-state index contributed by atoms with van der Waals surface area (Å²) in [6, 6.07) is 5.57. The van der Waals surface area contributed by atoms with Crippen LogP contribution in [0.1, 0.15) is 11.1 Å². The predicted molar refractivity (Wildman–Crippen MR) is 57.1 cm³/mol. The maximum atomic E-state index is 8.01. The molecule has 0 aliphatic carbocycles. The van der Waals surface area contributed by atoms with Crippen LogP contribution in [-0.2, 0) is 0 Å². The molecule has 0 aliphatic heterocycles. The second-order valence-corrected chi connectivity index (χ2v) is 3.06. The van der Waals surface area contributed by atoms with Gasteiger partial charge in [0.2, 0.25) is 0 Å². The van der Waals surface area contributed by atoms with Crippen molar-refractivity contribution >= 4 is 11.6 Å². The van der Waals surface area contributed by atoms with Crippen molar-refractivity contribution in [1.29, 1.82) is 0 Å². The standard InChI is InChI=1S/C10H8ClN3/c1-8-4-5-9(7-10(8)11)3-2-6-13-14-12/h4-5,7H,6H2,1H3. The van der Waals surface area contributed by atoms with Gasteiger partial charge in [0.15, 0.2) is 0 Å². The monoisotopic (exact) mass is 205 g/mol. The molecular formula is C10H8ClN3. The van der Waals surface area contributed by atoms with Crippen LogP contribution in [-0.4, -0.2) is 6.54 Å². The van der Waals surface area contributed by atoms with Gasteiger partial charge < -0.3 is 0 Å². The van der Waals surface area contributed by atoms with Gasteiger partial charge in [-0.3, -0.25) is 0 Å². The van der Waals surface area contributed by atoms with Gasteiger partial charge in [-0.1, -0.05) is 34.6 Å². The van der Waals surface area contributed by atoms with Gasteiger partial charge in [-0.05, 0) is 30.2 Å². The van der Waals surface area contributed by atoms with E-state index in [1.165, 1.54) is 0 Å². The molecule has 0 spiro atoms. The summed E-state index contributed by atoms with van der Waals surface area (Å²) in [5.74, 6) is 5.57. The van der Waals surface area contributed by atoms with Gasteiger partial charge in [0.1, 0.15) is 0 Å². The molecule has 4 heteroatoms. The summed E-state index contributed by atoms with van der Waals surface area (Å²) in [6.07, 6.45) is 0. The molecule has 0 aromatic heterocycles. The molecule has 0 atom stereocenters. The van der Waals surface area contributed by atoms with E-state index in [4.69, 9.17) is 17.1 Å². The number of hydrogen-bond acceptors (Lipinski definition) is 1. The summed E-state index contributed by atoms with van der Waals surface area (Å²) in [5, 5.41) is 4.00. The fourth-order valence-corrected chi connectivity index (χ4v) is 1.06. The van der Waals surface area contributed by atoms with E-state index >= 15 is 0 Å². The van der Waals surface area contributed by atoms with Crippen LogP contribution in [0.2, 0.25) is 5.02 Å². The van der Waals surface area contributed by atoms with Crippen LogP contribution in [0.5, 0.6) is 0 Å². The first-order chi connectivity index (χ1) is 6.74. The molecule has 3 nitrogen and oxygen atoms in total. The Morgan fingerprint density at radius 3 is 3.00 bits per heavy atom. The van der Waals surface area contributed by atoms with E-state index in [2.05, 4.69) is 21.9 Å². The molecule has 1 rings (SSSR count). The molecule has 0 saturated heterocycles. The lowest BCUT2D eigenvalue weighted by atomic mass is 10.1. The summed E-state index contributed by atoms with van der Waals surface area (Å²) in [4.78, 5) is 2.59. The molecular weight excluding hydrogens is 198 g/mol. The van der Waals surface area contributed by atoms with Crippen LogP contribution in [0, 0.1) is 18.8 Å². The molecule has 14 heavy (non-hydrogen) atoms. The molecule has 0 N–H and O–H groups in total. The Hall–Kier alpha value is -1.62. The highest BCUT2D eigenvalue weighted by atomic mass is 35.5. The fourth-order valence-electron chi connectivity index (χ4n) is 0.879. The van der Waals surface area contributed by atoms with Crippen LogP contribution in [0.15, 0.2) is 23.3 Å². The molecule has 0 fully saturated rings. The summed E-state index contributed by atoms with van der Waals surface area (Å²) in [7, 11) is 0. The molecule has 0 heterocycles. The number of benzene rings is 1. The second-order valence-electron chi connectivity index (χ2n) is 2.65. The third kappa shape index (κ3) is 3.02. The van der Waals surface area contributed by atoms with Crippen molar-refractivity contribution in [1.82, 2.24) is 0 Å². The van der Waals surface area contributed by atoms with E-state index in [0.29, 0.717) is 5.02 Å². The number of hydrogen-bond donors (Lipinski definition) is 0. The molecule has 0 amide bonds. The maximum Gasteiger partial charge on any atom is 0.0880 e. The normalized spacial score (nSPS) is 8.43. The van der Waals surface area contributed by atoms with Crippen molar-refractivity contribution in [2.75, 3.05) is 6.54 Å². The zero-order valence-corrected chi connectivity index (χ0v) is 8.41. The first kappa shape index (κ1) is 10.5. The van der Waals surface area contributed by atoms with E-state index < -0.39 is 0 Å². The van der Waals surface area contributed by atoms with Crippen molar-refractivity contribution in [2.45, 2.75) is 6.92 Å². The lowest BCUT2D eigenvalue weighted by Gasteiger charge is -1.96. The number of aryl methyl sites for hydroxylation is 1. The Balaban J connectivity index is 2.80. The second kappa shape index (κ2) is 5.18. The highest BCUT2D eigenvalue weighted by molar-refractivity contribution is 6.31.